The number of rotatable bonds is 4. The van der Waals surface area contributed by atoms with Crippen molar-refractivity contribution in [2.24, 2.45) is 7.05 Å². The first kappa shape index (κ1) is 13.1. The minimum absolute atomic E-state index is 0.0765. The van der Waals surface area contributed by atoms with Gasteiger partial charge in [0.25, 0.3) is 5.56 Å². The summed E-state index contributed by atoms with van der Waals surface area (Å²) in [5, 5.41) is 18.5. The van der Waals surface area contributed by atoms with Crippen molar-refractivity contribution in [3.05, 3.63) is 34.6 Å². The van der Waals surface area contributed by atoms with Gasteiger partial charge in [-0.3, -0.25) is 13.8 Å². The van der Waals surface area contributed by atoms with Crippen LogP contribution in [0.4, 0.5) is 0 Å². The van der Waals surface area contributed by atoms with Gasteiger partial charge in [0, 0.05) is 19.4 Å². The van der Waals surface area contributed by atoms with Crippen LogP contribution in [0.25, 0.3) is 16.7 Å². The molecule has 2 aromatic heterocycles. The van der Waals surface area contributed by atoms with Crippen molar-refractivity contribution >= 4 is 28.4 Å². The molecule has 0 aliphatic carbocycles. The fraction of sp³-hybridized carbons (Fsp3) is 0.308. The minimum atomic E-state index is -0.0765. The second kappa shape index (κ2) is 5.26. The number of benzene rings is 1. The largest absolute Gasteiger partial charge is 0.396 e. The van der Waals surface area contributed by atoms with Crippen LogP contribution in [-0.4, -0.2) is 36.6 Å². The lowest BCUT2D eigenvalue weighted by molar-refractivity contribution is 0.296. The Labute approximate surface area is 119 Å². The van der Waals surface area contributed by atoms with Crippen LogP contribution in [0.15, 0.2) is 34.2 Å². The second-order valence-corrected chi connectivity index (χ2v) is 5.49. The average molecular weight is 290 g/mol. The van der Waals surface area contributed by atoms with Gasteiger partial charge in [0.1, 0.15) is 0 Å². The molecule has 0 radical (unpaired) electrons. The molecule has 0 amide bonds. The first-order valence-corrected chi connectivity index (χ1v) is 7.29. The van der Waals surface area contributed by atoms with Crippen LogP contribution in [0, 0.1) is 0 Å². The van der Waals surface area contributed by atoms with E-state index in [4.69, 9.17) is 5.11 Å². The van der Waals surface area contributed by atoms with E-state index in [1.54, 1.807) is 13.1 Å². The van der Waals surface area contributed by atoms with Crippen LogP contribution >= 0.6 is 11.8 Å². The van der Waals surface area contributed by atoms with E-state index in [9.17, 15) is 4.79 Å². The third kappa shape index (κ3) is 1.99. The summed E-state index contributed by atoms with van der Waals surface area (Å²) in [6, 6.07) is 7.43. The summed E-state index contributed by atoms with van der Waals surface area (Å²) in [4.78, 5) is 12.3. The molecule has 3 aromatic rings. The molecule has 0 fully saturated rings. The zero-order valence-electron chi connectivity index (χ0n) is 11.0. The number of hydrogen-bond acceptors (Lipinski definition) is 5. The Morgan fingerprint density at radius 2 is 2.10 bits per heavy atom. The maximum Gasteiger partial charge on any atom is 0.262 e. The highest BCUT2D eigenvalue weighted by atomic mass is 32.2. The molecule has 0 unspecified atom stereocenters. The highest BCUT2D eigenvalue weighted by Crippen LogP contribution is 2.21. The van der Waals surface area contributed by atoms with Crippen LogP contribution in [0.1, 0.15) is 6.42 Å². The summed E-state index contributed by atoms with van der Waals surface area (Å²) in [7, 11) is 1.70. The maximum atomic E-state index is 12.3. The van der Waals surface area contributed by atoms with Crippen molar-refractivity contribution < 1.29 is 5.11 Å². The molecule has 0 saturated carbocycles. The van der Waals surface area contributed by atoms with Crippen molar-refractivity contribution in [2.45, 2.75) is 11.6 Å². The molecular formula is C13H14N4O2S. The van der Waals surface area contributed by atoms with Crippen LogP contribution in [0.5, 0.6) is 0 Å². The molecule has 0 atom stereocenters. The Hall–Kier alpha value is -1.86. The third-order valence-electron chi connectivity index (χ3n) is 3.13. The fourth-order valence-corrected chi connectivity index (χ4v) is 3.00. The molecule has 0 aliphatic heterocycles. The van der Waals surface area contributed by atoms with E-state index in [0.717, 1.165) is 16.4 Å². The molecule has 7 heteroatoms. The Bertz CT molecular complexity index is 824. The number of nitrogens with zero attached hydrogens (tertiary/aromatic N) is 4. The monoisotopic (exact) mass is 290 g/mol. The highest BCUT2D eigenvalue weighted by molar-refractivity contribution is 7.99. The van der Waals surface area contributed by atoms with E-state index in [1.165, 1.54) is 16.3 Å². The van der Waals surface area contributed by atoms with Crippen LogP contribution in [0.2, 0.25) is 0 Å². The lowest BCUT2D eigenvalue weighted by Gasteiger charge is -2.07. The highest BCUT2D eigenvalue weighted by Gasteiger charge is 2.14. The summed E-state index contributed by atoms with van der Waals surface area (Å²) in [6.45, 7) is 0.156. The van der Waals surface area contributed by atoms with E-state index in [1.807, 2.05) is 22.6 Å². The lowest BCUT2D eigenvalue weighted by Crippen LogP contribution is -2.20. The van der Waals surface area contributed by atoms with Gasteiger partial charge in [-0.15, -0.1) is 10.2 Å². The van der Waals surface area contributed by atoms with E-state index in [2.05, 4.69) is 10.2 Å². The van der Waals surface area contributed by atoms with Crippen molar-refractivity contribution in [2.75, 3.05) is 12.4 Å². The van der Waals surface area contributed by atoms with Crippen molar-refractivity contribution in [1.82, 2.24) is 19.2 Å². The summed E-state index contributed by atoms with van der Waals surface area (Å²) in [6.07, 6.45) is 0.698. The quantitative estimate of drug-likeness (QED) is 0.574. The predicted octanol–water partition coefficient (Wildman–Crippen LogP) is 1.06. The summed E-state index contributed by atoms with van der Waals surface area (Å²) >= 11 is 1.52. The number of aromatic nitrogens is 4. The summed E-state index contributed by atoms with van der Waals surface area (Å²) < 4.78 is 3.39. The Balaban J connectivity index is 2.27. The lowest BCUT2D eigenvalue weighted by atomic mass is 10.2. The first-order chi connectivity index (χ1) is 9.74. The van der Waals surface area contributed by atoms with Crippen molar-refractivity contribution in [1.29, 1.82) is 0 Å². The minimum Gasteiger partial charge on any atom is -0.396 e. The molecule has 2 heterocycles. The molecule has 1 N–H and O–H groups in total. The molecule has 0 aliphatic rings. The number of fused-ring (bicyclic) bond motifs is 3. The van der Waals surface area contributed by atoms with Gasteiger partial charge in [0.15, 0.2) is 5.16 Å². The number of thioether (sulfide) groups is 1. The Kier molecular flexibility index (Phi) is 3.45. The van der Waals surface area contributed by atoms with Crippen molar-refractivity contribution in [3.63, 3.8) is 0 Å². The van der Waals surface area contributed by atoms with Gasteiger partial charge < -0.3 is 5.11 Å². The first-order valence-electron chi connectivity index (χ1n) is 6.30. The smallest absolute Gasteiger partial charge is 0.262 e. The van der Waals surface area contributed by atoms with E-state index >= 15 is 0 Å². The number of hydrogen-bond donors (Lipinski definition) is 1. The van der Waals surface area contributed by atoms with Gasteiger partial charge >= 0.3 is 0 Å². The van der Waals surface area contributed by atoms with E-state index in [-0.39, 0.29) is 12.2 Å². The van der Waals surface area contributed by atoms with Crippen LogP contribution in [0.3, 0.4) is 0 Å². The van der Waals surface area contributed by atoms with E-state index in [0.29, 0.717) is 17.6 Å². The van der Waals surface area contributed by atoms with Gasteiger partial charge in [0.2, 0.25) is 5.78 Å². The number of aliphatic hydroxyl groups excluding tert-OH is 1. The van der Waals surface area contributed by atoms with Gasteiger partial charge in [0.05, 0.1) is 10.9 Å². The van der Waals surface area contributed by atoms with Gasteiger partial charge in [-0.2, -0.15) is 0 Å². The van der Waals surface area contributed by atoms with Crippen LogP contribution < -0.4 is 5.56 Å². The van der Waals surface area contributed by atoms with Gasteiger partial charge in [-0.05, 0) is 18.6 Å². The molecule has 20 heavy (non-hydrogen) atoms. The number of aryl methyl sites for hydroxylation is 1. The molecule has 104 valence electrons. The van der Waals surface area contributed by atoms with Gasteiger partial charge in [-0.1, -0.05) is 23.9 Å². The van der Waals surface area contributed by atoms with Crippen molar-refractivity contribution in [3.8, 4) is 0 Å². The third-order valence-corrected chi connectivity index (χ3v) is 4.15. The van der Waals surface area contributed by atoms with E-state index < -0.39 is 0 Å². The topological polar surface area (TPSA) is 72.4 Å². The molecule has 0 saturated heterocycles. The predicted molar refractivity (Wildman–Crippen MR) is 78.2 cm³/mol. The second-order valence-electron chi connectivity index (χ2n) is 4.42. The molecule has 6 nitrogen and oxygen atoms in total. The normalized spacial score (nSPS) is 11.5. The SMILES string of the molecule is Cn1c(=O)c2ccccc2n2c(SCCCO)nnc12. The fourth-order valence-electron chi connectivity index (χ4n) is 2.13. The summed E-state index contributed by atoms with van der Waals surface area (Å²) in [5.74, 6) is 1.29. The standard InChI is InChI=1S/C13H14N4O2S/c1-16-11(19)9-5-2-3-6-10(9)17-12(16)14-15-13(17)20-8-4-7-18/h2-3,5-6,18H,4,7-8H2,1H3. The van der Waals surface area contributed by atoms with Gasteiger partial charge in [-0.25, -0.2) is 0 Å². The molecule has 3 rings (SSSR count). The molecule has 0 spiro atoms. The number of para-hydroxylation sites is 1. The zero-order chi connectivity index (χ0) is 14.1. The zero-order valence-corrected chi connectivity index (χ0v) is 11.8. The Morgan fingerprint density at radius 3 is 2.90 bits per heavy atom. The average Bonchev–Trinajstić information content (AvgIpc) is 2.89. The molecule has 1 aromatic carbocycles. The number of aliphatic hydroxyl groups is 1. The maximum absolute atomic E-state index is 12.3. The van der Waals surface area contributed by atoms with Crippen LogP contribution in [-0.2, 0) is 7.05 Å². The summed E-state index contributed by atoms with van der Waals surface area (Å²) in [5.41, 5.74) is 0.731. The molecular weight excluding hydrogens is 276 g/mol. The Morgan fingerprint density at radius 1 is 1.30 bits per heavy atom. The molecule has 0 bridgehead atoms.